The van der Waals surface area contributed by atoms with Gasteiger partial charge in [0.05, 0.1) is 6.42 Å². The van der Waals surface area contributed by atoms with Crippen LogP contribution >= 0.6 is 0 Å². The lowest BCUT2D eigenvalue weighted by molar-refractivity contribution is -0.125. The van der Waals surface area contributed by atoms with Crippen molar-refractivity contribution in [2.75, 3.05) is 6.61 Å². The third-order valence-electron chi connectivity index (χ3n) is 6.67. The average molecular weight is 398 g/mol. The fourth-order valence-corrected chi connectivity index (χ4v) is 5.68. The highest BCUT2D eigenvalue weighted by Gasteiger charge is 2.48. The summed E-state index contributed by atoms with van der Waals surface area (Å²) in [7, 11) is 0. The number of ether oxygens (including phenoxy) is 1. The molecular formula is C23H31N3O3. The fourth-order valence-electron chi connectivity index (χ4n) is 5.68. The number of hydrogen-bond acceptors (Lipinski definition) is 4. The molecule has 4 saturated carbocycles. The van der Waals surface area contributed by atoms with Crippen molar-refractivity contribution in [2.24, 2.45) is 23.7 Å². The second kappa shape index (κ2) is 8.47. The Hall–Kier alpha value is -2.50. The molecule has 1 aromatic carbocycles. The minimum absolute atomic E-state index is 0.0229. The lowest BCUT2D eigenvalue weighted by atomic mass is 9.54. The SMILES string of the molecule is C=C(CC(=O)NC1C2CC3CC(C2)CC1C3)NNC(=O)COc1cccc(C)c1. The number of carbonyl (C=O) groups excluding carboxylic acids is 2. The van der Waals surface area contributed by atoms with Gasteiger partial charge in [0, 0.05) is 11.7 Å². The Balaban J connectivity index is 1.16. The van der Waals surface area contributed by atoms with E-state index in [0.717, 1.165) is 17.4 Å². The molecule has 0 aromatic heterocycles. The van der Waals surface area contributed by atoms with Gasteiger partial charge in [-0.15, -0.1) is 0 Å². The number of hydrazine groups is 1. The highest BCUT2D eigenvalue weighted by Crippen LogP contribution is 2.53. The average Bonchev–Trinajstić information content (AvgIpc) is 2.67. The van der Waals surface area contributed by atoms with Gasteiger partial charge < -0.3 is 15.5 Å². The number of benzene rings is 1. The highest BCUT2D eigenvalue weighted by atomic mass is 16.5. The number of rotatable bonds is 8. The van der Waals surface area contributed by atoms with Crippen LogP contribution in [0.5, 0.6) is 5.75 Å². The number of amides is 2. The van der Waals surface area contributed by atoms with Gasteiger partial charge in [0.25, 0.3) is 5.91 Å². The van der Waals surface area contributed by atoms with Crippen molar-refractivity contribution < 1.29 is 14.3 Å². The summed E-state index contributed by atoms with van der Waals surface area (Å²) < 4.78 is 5.46. The molecule has 4 aliphatic carbocycles. The van der Waals surface area contributed by atoms with Crippen molar-refractivity contribution in [3.63, 3.8) is 0 Å². The third kappa shape index (κ3) is 4.92. The molecular weight excluding hydrogens is 366 g/mol. The summed E-state index contributed by atoms with van der Waals surface area (Å²) in [5, 5.41) is 3.26. The number of nitrogens with one attached hydrogen (secondary N) is 3. The maximum absolute atomic E-state index is 12.5. The first kappa shape index (κ1) is 19.8. The van der Waals surface area contributed by atoms with E-state index in [2.05, 4.69) is 22.7 Å². The minimum atomic E-state index is -0.325. The third-order valence-corrected chi connectivity index (χ3v) is 6.67. The molecule has 4 bridgehead atoms. The van der Waals surface area contributed by atoms with Crippen LogP contribution in [0.3, 0.4) is 0 Å². The van der Waals surface area contributed by atoms with Crippen molar-refractivity contribution >= 4 is 11.8 Å². The normalized spacial score (nSPS) is 29.2. The first-order chi connectivity index (χ1) is 14.0. The van der Waals surface area contributed by atoms with E-state index in [1.165, 1.54) is 32.1 Å². The van der Waals surface area contributed by atoms with Crippen LogP contribution in [0, 0.1) is 30.6 Å². The van der Waals surface area contributed by atoms with E-state index in [-0.39, 0.29) is 24.8 Å². The summed E-state index contributed by atoms with van der Waals surface area (Å²) in [6, 6.07) is 7.84. The molecule has 0 atom stereocenters. The first-order valence-electron chi connectivity index (χ1n) is 10.7. The Morgan fingerprint density at radius 3 is 2.38 bits per heavy atom. The molecule has 0 heterocycles. The number of carbonyl (C=O) groups is 2. The van der Waals surface area contributed by atoms with E-state index in [4.69, 9.17) is 4.74 Å². The molecule has 0 spiro atoms. The van der Waals surface area contributed by atoms with Gasteiger partial charge >= 0.3 is 0 Å². The van der Waals surface area contributed by atoms with Gasteiger partial charge in [-0.3, -0.25) is 15.0 Å². The zero-order chi connectivity index (χ0) is 20.4. The Bertz CT molecular complexity index is 763. The molecule has 156 valence electrons. The van der Waals surface area contributed by atoms with Gasteiger partial charge in [0.15, 0.2) is 6.61 Å². The van der Waals surface area contributed by atoms with E-state index in [0.29, 0.717) is 29.3 Å². The van der Waals surface area contributed by atoms with Crippen LogP contribution in [0.25, 0.3) is 0 Å². The quantitative estimate of drug-likeness (QED) is 0.590. The summed E-state index contributed by atoms with van der Waals surface area (Å²) in [4.78, 5) is 24.4. The van der Waals surface area contributed by atoms with Crippen LogP contribution in [0.1, 0.15) is 44.1 Å². The van der Waals surface area contributed by atoms with E-state index < -0.39 is 0 Å². The molecule has 6 nitrogen and oxygen atoms in total. The van der Waals surface area contributed by atoms with Crippen LogP contribution < -0.4 is 20.9 Å². The Morgan fingerprint density at radius 2 is 1.72 bits per heavy atom. The standard InChI is InChI=1S/C23H31N3O3/c1-14-4-3-5-20(6-14)29-13-22(28)26-25-15(2)7-21(27)24-23-18-9-16-8-17(11-18)12-19(23)10-16/h3-6,16-19,23,25H,2,7-13H2,1H3,(H,24,27)(H,26,28). The van der Waals surface area contributed by atoms with Crippen LogP contribution in [0.15, 0.2) is 36.5 Å². The summed E-state index contributed by atoms with van der Waals surface area (Å²) in [5.74, 6) is 3.37. The van der Waals surface area contributed by atoms with Crippen LogP contribution in [0.2, 0.25) is 0 Å². The Morgan fingerprint density at radius 1 is 1.03 bits per heavy atom. The molecule has 0 aliphatic heterocycles. The second-order valence-corrected chi connectivity index (χ2v) is 9.08. The highest BCUT2D eigenvalue weighted by molar-refractivity contribution is 5.79. The van der Waals surface area contributed by atoms with Gasteiger partial charge in [-0.05, 0) is 80.4 Å². The van der Waals surface area contributed by atoms with Crippen LogP contribution in [0.4, 0.5) is 0 Å². The summed E-state index contributed by atoms with van der Waals surface area (Å²) in [6.07, 6.45) is 6.65. The van der Waals surface area contributed by atoms with Gasteiger partial charge in [-0.25, -0.2) is 0 Å². The molecule has 1 aromatic rings. The van der Waals surface area contributed by atoms with Gasteiger partial charge in [-0.2, -0.15) is 0 Å². The summed E-state index contributed by atoms with van der Waals surface area (Å²) in [5.41, 5.74) is 6.80. The number of hydrogen-bond donors (Lipinski definition) is 3. The Labute approximate surface area is 172 Å². The lowest BCUT2D eigenvalue weighted by Crippen LogP contribution is -2.56. The smallest absolute Gasteiger partial charge is 0.276 e. The molecule has 4 fully saturated rings. The van der Waals surface area contributed by atoms with Crippen LogP contribution in [-0.4, -0.2) is 24.5 Å². The molecule has 3 N–H and O–H groups in total. The van der Waals surface area contributed by atoms with Crippen molar-refractivity contribution in [3.05, 3.63) is 42.1 Å². The summed E-state index contributed by atoms with van der Waals surface area (Å²) in [6.45, 7) is 5.71. The van der Waals surface area contributed by atoms with Crippen molar-refractivity contribution in [2.45, 2.75) is 51.5 Å². The topological polar surface area (TPSA) is 79.5 Å². The molecule has 0 radical (unpaired) electrons. The first-order valence-corrected chi connectivity index (χ1v) is 10.7. The molecule has 6 heteroatoms. The van der Waals surface area contributed by atoms with E-state index >= 15 is 0 Å². The summed E-state index contributed by atoms with van der Waals surface area (Å²) >= 11 is 0. The van der Waals surface area contributed by atoms with Gasteiger partial charge in [-0.1, -0.05) is 18.7 Å². The lowest BCUT2D eigenvalue weighted by Gasteiger charge is -2.54. The maximum Gasteiger partial charge on any atom is 0.276 e. The Kier molecular flexibility index (Phi) is 5.79. The van der Waals surface area contributed by atoms with E-state index in [9.17, 15) is 9.59 Å². The minimum Gasteiger partial charge on any atom is -0.484 e. The van der Waals surface area contributed by atoms with Crippen molar-refractivity contribution in [1.29, 1.82) is 0 Å². The molecule has 2 amide bonds. The van der Waals surface area contributed by atoms with Crippen LogP contribution in [-0.2, 0) is 9.59 Å². The number of aryl methyl sites for hydroxylation is 1. The fraction of sp³-hybridized carbons (Fsp3) is 0.565. The molecule has 5 rings (SSSR count). The zero-order valence-corrected chi connectivity index (χ0v) is 17.1. The molecule has 4 aliphatic rings. The predicted molar refractivity (Wildman–Crippen MR) is 111 cm³/mol. The van der Waals surface area contributed by atoms with Gasteiger partial charge in [0.1, 0.15) is 5.75 Å². The van der Waals surface area contributed by atoms with Crippen molar-refractivity contribution in [1.82, 2.24) is 16.2 Å². The molecule has 0 unspecified atom stereocenters. The molecule has 0 saturated heterocycles. The van der Waals surface area contributed by atoms with E-state index in [1.807, 2.05) is 25.1 Å². The monoisotopic (exact) mass is 397 g/mol. The molecule has 29 heavy (non-hydrogen) atoms. The van der Waals surface area contributed by atoms with Crippen molar-refractivity contribution in [3.8, 4) is 5.75 Å². The zero-order valence-electron chi connectivity index (χ0n) is 17.1. The van der Waals surface area contributed by atoms with Gasteiger partial charge in [0.2, 0.25) is 5.91 Å². The predicted octanol–water partition coefficient (Wildman–Crippen LogP) is 2.84. The maximum atomic E-state index is 12.5. The largest absolute Gasteiger partial charge is 0.484 e. The second-order valence-electron chi connectivity index (χ2n) is 9.08. The van der Waals surface area contributed by atoms with E-state index in [1.54, 1.807) is 6.07 Å².